The fourth-order valence-electron chi connectivity index (χ4n) is 4.28. The number of fused-ring (bicyclic) bond motifs is 2. The molecule has 9 heteroatoms. The van der Waals surface area contributed by atoms with Gasteiger partial charge in [0, 0.05) is 47.6 Å². The van der Waals surface area contributed by atoms with Crippen molar-refractivity contribution in [2.24, 2.45) is 5.92 Å². The topological polar surface area (TPSA) is 113 Å². The molecule has 2 bridgehead atoms. The highest BCUT2D eigenvalue weighted by atomic mass is 35.5. The zero-order chi connectivity index (χ0) is 24.9. The van der Waals surface area contributed by atoms with Gasteiger partial charge in [-0.05, 0) is 37.1 Å². The summed E-state index contributed by atoms with van der Waals surface area (Å²) in [5, 5.41) is 14.4. The third-order valence-electron chi connectivity index (χ3n) is 6.19. The number of carbonyl (C=O) groups excluding carboxylic acids is 1. The summed E-state index contributed by atoms with van der Waals surface area (Å²) in [6, 6.07) is 12.1. The smallest absolute Gasteiger partial charge is 0.254 e. The van der Waals surface area contributed by atoms with Crippen LogP contribution in [0.1, 0.15) is 43.5 Å². The molecule has 2 unspecified atom stereocenters. The summed E-state index contributed by atoms with van der Waals surface area (Å²) in [7, 11) is 1.74. The third kappa shape index (κ3) is 5.33. The van der Waals surface area contributed by atoms with Gasteiger partial charge in [0.25, 0.3) is 5.56 Å². The van der Waals surface area contributed by atoms with E-state index in [1.54, 1.807) is 42.3 Å². The molecule has 1 amide bonds. The highest BCUT2D eigenvalue weighted by Crippen LogP contribution is 2.27. The number of nitrogens with zero attached hydrogens (tertiary/aromatic N) is 3. The molecule has 0 saturated carbocycles. The van der Waals surface area contributed by atoms with Crippen LogP contribution in [0, 0.1) is 11.3 Å². The first-order valence-electron chi connectivity index (χ1n) is 11.4. The largest absolute Gasteiger partial charge is 0.386 e. The average molecular weight is 491 g/mol. The van der Waals surface area contributed by atoms with Gasteiger partial charge in [-0.25, -0.2) is 4.98 Å². The third-order valence-corrected chi connectivity index (χ3v) is 6.42. The first-order chi connectivity index (χ1) is 16.9. The van der Waals surface area contributed by atoms with Crippen molar-refractivity contribution < 1.29 is 4.79 Å². The Hall–Kier alpha value is -3.78. The van der Waals surface area contributed by atoms with E-state index in [1.165, 1.54) is 6.07 Å². The van der Waals surface area contributed by atoms with Crippen LogP contribution in [0.15, 0.2) is 65.5 Å². The van der Waals surface area contributed by atoms with Crippen LogP contribution in [0.4, 0.5) is 0 Å². The Morgan fingerprint density at radius 3 is 2.69 bits per heavy atom. The van der Waals surface area contributed by atoms with Crippen molar-refractivity contribution in [2.45, 2.75) is 32.2 Å². The van der Waals surface area contributed by atoms with Gasteiger partial charge in [-0.2, -0.15) is 0 Å². The van der Waals surface area contributed by atoms with Gasteiger partial charge in [-0.3, -0.25) is 19.1 Å². The quantitative estimate of drug-likeness (QED) is 0.478. The summed E-state index contributed by atoms with van der Waals surface area (Å²) in [6.07, 6.45) is 6.30. The van der Waals surface area contributed by atoms with Crippen LogP contribution in [0.25, 0.3) is 17.0 Å². The number of allylic oxidation sites excluding steroid dienone is 1. The van der Waals surface area contributed by atoms with Crippen LogP contribution in [0.2, 0.25) is 5.02 Å². The molecule has 2 aromatic heterocycles. The molecule has 8 nitrogen and oxygen atoms in total. The highest BCUT2D eigenvalue weighted by Gasteiger charge is 2.22. The summed E-state index contributed by atoms with van der Waals surface area (Å²) in [4.78, 5) is 35.1. The van der Waals surface area contributed by atoms with Gasteiger partial charge in [0.1, 0.15) is 0 Å². The summed E-state index contributed by atoms with van der Waals surface area (Å²) < 4.78 is 1.59. The molecule has 3 heterocycles. The average Bonchev–Trinajstić information content (AvgIpc) is 2.86. The molecule has 2 atom stereocenters. The first kappa shape index (κ1) is 24.3. The maximum Gasteiger partial charge on any atom is 0.254 e. The minimum absolute atomic E-state index is 0.146. The van der Waals surface area contributed by atoms with Gasteiger partial charge < -0.3 is 16.0 Å². The summed E-state index contributed by atoms with van der Waals surface area (Å²) in [6.45, 7) is 1.86. The minimum atomic E-state index is -0.361. The molecule has 1 aliphatic rings. The minimum Gasteiger partial charge on any atom is -0.386 e. The van der Waals surface area contributed by atoms with Crippen molar-refractivity contribution in [1.82, 2.24) is 25.2 Å². The summed E-state index contributed by atoms with van der Waals surface area (Å²) in [5.41, 5.74) is 3.56. The van der Waals surface area contributed by atoms with Crippen LogP contribution in [-0.4, -0.2) is 33.7 Å². The van der Waals surface area contributed by atoms with Crippen LogP contribution in [-0.2, 0) is 4.79 Å². The molecular formula is C26H27ClN6O2. The number of rotatable bonds is 4. The molecule has 0 fully saturated rings. The van der Waals surface area contributed by atoms with E-state index >= 15 is 0 Å². The van der Waals surface area contributed by atoms with E-state index < -0.39 is 0 Å². The van der Waals surface area contributed by atoms with E-state index in [-0.39, 0.29) is 23.4 Å². The van der Waals surface area contributed by atoms with Crippen molar-refractivity contribution in [3.05, 3.63) is 87.3 Å². The zero-order valence-electron chi connectivity index (χ0n) is 19.6. The molecule has 1 aliphatic heterocycles. The number of amides is 1. The van der Waals surface area contributed by atoms with E-state index in [1.807, 2.05) is 25.1 Å². The van der Waals surface area contributed by atoms with Crippen molar-refractivity contribution in [3.63, 3.8) is 0 Å². The molecule has 35 heavy (non-hydrogen) atoms. The van der Waals surface area contributed by atoms with Gasteiger partial charge >= 0.3 is 0 Å². The first-order valence-corrected chi connectivity index (χ1v) is 11.8. The Morgan fingerprint density at radius 1 is 1.14 bits per heavy atom. The Balaban J connectivity index is 1.81. The normalized spacial score (nSPS) is 20.8. The number of nitrogens with one attached hydrogen (secondary N) is 3. The highest BCUT2D eigenvalue weighted by molar-refractivity contribution is 6.30. The number of carbonyl (C=O) groups is 1. The van der Waals surface area contributed by atoms with E-state index in [0.717, 1.165) is 17.3 Å². The molecular weight excluding hydrogens is 464 g/mol. The molecule has 0 radical (unpaired) electrons. The van der Waals surface area contributed by atoms with Crippen LogP contribution < -0.4 is 16.2 Å². The summed E-state index contributed by atoms with van der Waals surface area (Å²) >= 11 is 6.11. The molecule has 4 rings (SSSR count). The van der Waals surface area contributed by atoms with E-state index in [4.69, 9.17) is 17.0 Å². The number of benzene rings is 1. The van der Waals surface area contributed by atoms with Crippen molar-refractivity contribution >= 4 is 29.4 Å². The second-order valence-corrected chi connectivity index (χ2v) is 8.96. The van der Waals surface area contributed by atoms with E-state index in [2.05, 4.69) is 20.6 Å². The van der Waals surface area contributed by atoms with E-state index in [9.17, 15) is 9.59 Å². The summed E-state index contributed by atoms with van der Waals surface area (Å²) in [5.74, 6) is -0.401. The lowest BCUT2D eigenvalue weighted by atomic mass is 9.97. The lowest BCUT2D eigenvalue weighted by molar-refractivity contribution is -0.123. The fourth-order valence-corrected chi connectivity index (χ4v) is 4.47. The standard InChI is InChI=1S/C26H27ClN6O2/c1-16-5-3-8-23(33-15-31-20(13-24(33)34)17-6-4-7-19(27)11-17)21-12-18(9-10-30-21)25(29-2)22(14-28)32-26(16)35/h4,6-7,9-16,23,28-29H,3,5,8H2,1-2H3,(H,32,35)/b25-22+,28-14?. The van der Waals surface area contributed by atoms with Gasteiger partial charge in [0.05, 0.1) is 35.2 Å². The zero-order valence-corrected chi connectivity index (χ0v) is 20.3. The van der Waals surface area contributed by atoms with E-state index in [0.29, 0.717) is 47.1 Å². The van der Waals surface area contributed by atoms with Crippen LogP contribution in [0.5, 0.6) is 0 Å². The monoisotopic (exact) mass is 490 g/mol. The van der Waals surface area contributed by atoms with Gasteiger partial charge in [-0.1, -0.05) is 37.1 Å². The predicted molar refractivity (Wildman–Crippen MR) is 137 cm³/mol. The molecule has 180 valence electrons. The molecule has 3 aromatic rings. The number of halogens is 1. The number of aromatic nitrogens is 3. The Morgan fingerprint density at radius 2 is 1.97 bits per heavy atom. The Kier molecular flexibility index (Phi) is 7.41. The lowest BCUT2D eigenvalue weighted by Gasteiger charge is -2.23. The van der Waals surface area contributed by atoms with Gasteiger partial charge in [0.2, 0.25) is 5.91 Å². The number of hydrogen-bond donors (Lipinski definition) is 3. The lowest BCUT2D eigenvalue weighted by Crippen LogP contribution is -2.32. The maximum atomic E-state index is 13.2. The maximum absolute atomic E-state index is 13.2. The fraction of sp³-hybridized carbons (Fsp3) is 0.269. The van der Waals surface area contributed by atoms with Gasteiger partial charge in [0.15, 0.2) is 0 Å². The number of pyridine rings is 1. The number of hydrogen-bond acceptors (Lipinski definition) is 6. The second kappa shape index (κ2) is 10.7. The second-order valence-electron chi connectivity index (χ2n) is 8.52. The molecule has 0 aliphatic carbocycles. The van der Waals surface area contributed by atoms with Crippen molar-refractivity contribution in [2.75, 3.05) is 7.05 Å². The molecule has 3 N–H and O–H groups in total. The van der Waals surface area contributed by atoms with Gasteiger partial charge in [-0.15, -0.1) is 0 Å². The predicted octanol–water partition coefficient (Wildman–Crippen LogP) is 4.02. The van der Waals surface area contributed by atoms with Crippen LogP contribution >= 0.6 is 11.6 Å². The Labute approximate surface area is 208 Å². The van der Waals surface area contributed by atoms with Crippen LogP contribution in [0.3, 0.4) is 0 Å². The van der Waals surface area contributed by atoms with Crippen molar-refractivity contribution in [3.8, 4) is 11.3 Å². The molecule has 0 saturated heterocycles. The Bertz CT molecular complexity index is 1350. The van der Waals surface area contributed by atoms with Crippen molar-refractivity contribution in [1.29, 1.82) is 5.41 Å². The molecule has 0 spiro atoms. The SMILES string of the molecule is CN/C1=C(\C=N)NC(=O)C(C)CCCC(n2cnc(-c3cccc(Cl)c3)cc2=O)c2cc1ccn2. The molecule has 1 aromatic carbocycles.